The van der Waals surface area contributed by atoms with Crippen LogP contribution in [0.15, 0.2) is 36.4 Å². The van der Waals surface area contributed by atoms with Crippen LogP contribution in [0.5, 0.6) is 11.5 Å². The average molecular weight is 263 g/mol. The maximum atomic E-state index is 5.72. The first kappa shape index (κ1) is 12.3. The number of terminal acetylenes is 1. The van der Waals surface area contributed by atoms with E-state index in [4.69, 9.17) is 15.9 Å². The summed E-state index contributed by atoms with van der Waals surface area (Å²) in [7, 11) is 3.24. The molecule has 0 fully saturated rings. The van der Waals surface area contributed by atoms with Crippen molar-refractivity contribution in [2.24, 2.45) is 0 Å². The minimum Gasteiger partial charge on any atom is -0.496 e. The third-order valence-corrected chi connectivity index (χ3v) is 3.34. The molecule has 0 unspecified atom stereocenters. The molecule has 0 aliphatic carbocycles. The van der Waals surface area contributed by atoms with E-state index in [9.17, 15) is 0 Å². The molecule has 0 radical (unpaired) electrons. The lowest BCUT2D eigenvalue weighted by atomic mass is 10.0. The second-order valence-electron chi connectivity index (χ2n) is 4.34. The van der Waals surface area contributed by atoms with E-state index in [-0.39, 0.29) is 0 Å². The van der Waals surface area contributed by atoms with Crippen LogP contribution in [0.25, 0.3) is 21.8 Å². The van der Waals surface area contributed by atoms with Gasteiger partial charge in [-0.25, -0.2) is 4.98 Å². The predicted octanol–water partition coefficient (Wildman–Crippen LogP) is 3.39. The van der Waals surface area contributed by atoms with E-state index < -0.39 is 0 Å². The SMILES string of the molecule is C#Cc1c2ccccc2nc2c(OC)ccc(OC)c12. The van der Waals surface area contributed by atoms with Gasteiger partial charge >= 0.3 is 0 Å². The van der Waals surface area contributed by atoms with Crippen molar-refractivity contribution in [2.45, 2.75) is 0 Å². The van der Waals surface area contributed by atoms with Gasteiger partial charge in [0.2, 0.25) is 0 Å². The lowest BCUT2D eigenvalue weighted by Gasteiger charge is -2.12. The van der Waals surface area contributed by atoms with Crippen LogP contribution in [0, 0.1) is 12.3 Å². The first-order valence-corrected chi connectivity index (χ1v) is 6.20. The minimum absolute atomic E-state index is 0.683. The highest BCUT2D eigenvalue weighted by atomic mass is 16.5. The van der Waals surface area contributed by atoms with E-state index in [0.29, 0.717) is 11.5 Å². The third-order valence-electron chi connectivity index (χ3n) is 3.34. The van der Waals surface area contributed by atoms with Gasteiger partial charge in [0.05, 0.1) is 25.1 Å². The van der Waals surface area contributed by atoms with Gasteiger partial charge in [0.25, 0.3) is 0 Å². The van der Waals surface area contributed by atoms with Crippen LogP contribution < -0.4 is 9.47 Å². The van der Waals surface area contributed by atoms with E-state index in [1.807, 2.05) is 36.4 Å². The molecule has 1 heterocycles. The van der Waals surface area contributed by atoms with Gasteiger partial charge in [0.1, 0.15) is 17.0 Å². The Morgan fingerprint density at radius 2 is 1.70 bits per heavy atom. The molecular weight excluding hydrogens is 250 g/mol. The maximum Gasteiger partial charge on any atom is 0.145 e. The Balaban J connectivity index is 2.61. The molecule has 20 heavy (non-hydrogen) atoms. The molecule has 2 aromatic carbocycles. The lowest BCUT2D eigenvalue weighted by Crippen LogP contribution is -1.95. The van der Waals surface area contributed by atoms with Crippen molar-refractivity contribution in [3.05, 3.63) is 42.0 Å². The summed E-state index contributed by atoms with van der Waals surface area (Å²) in [5.74, 6) is 4.15. The molecule has 3 heteroatoms. The molecule has 3 aromatic rings. The standard InChI is InChI=1S/C17H13NO2/c1-4-11-12-7-5-6-8-13(12)18-17-15(20-3)10-9-14(19-2)16(11)17/h1,5-10H,2-3H3. The number of fused-ring (bicyclic) bond motifs is 2. The van der Waals surface area contributed by atoms with E-state index >= 15 is 0 Å². The monoisotopic (exact) mass is 263 g/mol. The van der Waals surface area contributed by atoms with E-state index in [1.54, 1.807) is 14.2 Å². The Bertz CT molecular complexity index is 847. The van der Waals surface area contributed by atoms with Gasteiger partial charge in [-0.2, -0.15) is 0 Å². The molecule has 0 spiro atoms. The number of pyridine rings is 1. The number of hydrogen-bond donors (Lipinski definition) is 0. The molecule has 1 aromatic heterocycles. The maximum absolute atomic E-state index is 5.72. The van der Waals surface area contributed by atoms with Crippen molar-refractivity contribution >= 4 is 21.8 Å². The number of rotatable bonds is 2. The highest BCUT2D eigenvalue weighted by molar-refractivity contribution is 6.05. The molecule has 3 rings (SSSR count). The van der Waals surface area contributed by atoms with Crippen LogP contribution in [0.1, 0.15) is 5.56 Å². The molecule has 0 aliphatic heterocycles. The summed E-state index contributed by atoms with van der Waals surface area (Å²) in [4.78, 5) is 4.67. The van der Waals surface area contributed by atoms with E-state index in [1.165, 1.54) is 0 Å². The van der Waals surface area contributed by atoms with Gasteiger partial charge in [-0.3, -0.25) is 0 Å². The average Bonchev–Trinajstić information content (AvgIpc) is 2.51. The summed E-state index contributed by atoms with van der Waals surface area (Å²) >= 11 is 0. The van der Waals surface area contributed by atoms with Gasteiger partial charge < -0.3 is 9.47 Å². The van der Waals surface area contributed by atoms with Crippen molar-refractivity contribution < 1.29 is 9.47 Å². The van der Waals surface area contributed by atoms with Crippen LogP contribution in [0.3, 0.4) is 0 Å². The zero-order valence-electron chi connectivity index (χ0n) is 11.3. The largest absolute Gasteiger partial charge is 0.496 e. The van der Waals surface area contributed by atoms with Crippen LogP contribution >= 0.6 is 0 Å². The van der Waals surface area contributed by atoms with Gasteiger partial charge in [-0.1, -0.05) is 24.1 Å². The molecule has 0 N–H and O–H groups in total. The lowest BCUT2D eigenvalue weighted by molar-refractivity contribution is 0.410. The Morgan fingerprint density at radius 1 is 1.00 bits per heavy atom. The third kappa shape index (κ3) is 1.66. The molecule has 98 valence electrons. The minimum atomic E-state index is 0.683. The smallest absolute Gasteiger partial charge is 0.145 e. The van der Waals surface area contributed by atoms with E-state index in [2.05, 4.69) is 10.9 Å². The summed E-state index contributed by atoms with van der Waals surface area (Å²) in [6, 6.07) is 11.5. The second-order valence-corrected chi connectivity index (χ2v) is 4.34. The Labute approximate surface area is 117 Å². The fraction of sp³-hybridized carbons (Fsp3) is 0.118. The molecule has 0 saturated carbocycles. The topological polar surface area (TPSA) is 31.4 Å². The van der Waals surface area contributed by atoms with Crippen molar-refractivity contribution in [3.63, 3.8) is 0 Å². The van der Waals surface area contributed by atoms with E-state index in [0.717, 1.165) is 27.4 Å². The summed E-state index contributed by atoms with van der Waals surface area (Å²) in [6.07, 6.45) is 5.72. The van der Waals surface area contributed by atoms with Crippen molar-refractivity contribution in [3.8, 4) is 23.8 Å². The fourth-order valence-electron chi connectivity index (χ4n) is 2.43. The summed E-state index contributed by atoms with van der Waals surface area (Å²) < 4.78 is 10.8. The molecule has 0 saturated heterocycles. The molecule has 0 amide bonds. The first-order chi connectivity index (χ1) is 9.80. The number of para-hydroxylation sites is 1. The van der Waals surface area contributed by atoms with Gasteiger partial charge in [-0.05, 0) is 18.2 Å². The van der Waals surface area contributed by atoms with Crippen molar-refractivity contribution in [2.75, 3.05) is 14.2 Å². The van der Waals surface area contributed by atoms with Crippen LogP contribution in [0.4, 0.5) is 0 Å². The summed E-state index contributed by atoms with van der Waals surface area (Å²) in [5, 5.41) is 1.75. The molecule has 0 bridgehead atoms. The second kappa shape index (κ2) is 4.75. The van der Waals surface area contributed by atoms with Crippen molar-refractivity contribution in [1.29, 1.82) is 0 Å². The van der Waals surface area contributed by atoms with Crippen LogP contribution in [-0.2, 0) is 0 Å². The number of ether oxygens (including phenoxy) is 2. The first-order valence-electron chi connectivity index (χ1n) is 6.20. The normalized spacial score (nSPS) is 10.4. The fourth-order valence-corrected chi connectivity index (χ4v) is 2.43. The number of aromatic nitrogens is 1. The Hall–Kier alpha value is -2.73. The van der Waals surface area contributed by atoms with Gasteiger partial charge in [-0.15, -0.1) is 6.42 Å². The molecule has 3 nitrogen and oxygen atoms in total. The highest BCUT2D eigenvalue weighted by Crippen LogP contribution is 2.37. The van der Waals surface area contributed by atoms with Crippen molar-refractivity contribution in [1.82, 2.24) is 4.98 Å². The molecule has 0 aliphatic rings. The van der Waals surface area contributed by atoms with Crippen LogP contribution in [0.2, 0.25) is 0 Å². The number of methoxy groups -OCH3 is 2. The van der Waals surface area contributed by atoms with Gasteiger partial charge in [0, 0.05) is 10.9 Å². The summed E-state index contributed by atoms with van der Waals surface area (Å²) in [5.41, 5.74) is 2.35. The molecule has 0 atom stereocenters. The Kier molecular flexibility index (Phi) is 2.92. The summed E-state index contributed by atoms with van der Waals surface area (Å²) in [6.45, 7) is 0. The number of nitrogens with zero attached hydrogens (tertiary/aromatic N) is 1. The zero-order chi connectivity index (χ0) is 14.1. The highest BCUT2D eigenvalue weighted by Gasteiger charge is 2.15. The zero-order valence-corrected chi connectivity index (χ0v) is 11.3. The van der Waals surface area contributed by atoms with Crippen LogP contribution in [-0.4, -0.2) is 19.2 Å². The predicted molar refractivity (Wildman–Crippen MR) is 80.3 cm³/mol. The number of benzene rings is 2. The number of hydrogen-bond acceptors (Lipinski definition) is 3. The quantitative estimate of drug-likeness (QED) is 0.524. The molecular formula is C17H13NO2. The van der Waals surface area contributed by atoms with Gasteiger partial charge in [0.15, 0.2) is 0 Å². The Morgan fingerprint density at radius 3 is 2.40 bits per heavy atom.